The van der Waals surface area contributed by atoms with Crippen LogP contribution in [0.3, 0.4) is 0 Å². The van der Waals surface area contributed by atoms with E-state index in [9.17, 15) is 0 Å². The minimum Gasteiger partial charge on any atom is -0.270 e. The molecule has 1 aliphatic rings. The third kappa shape index (κ3) is 4.04. The molecule has 0 heterocycles. The zero-order valence-corrected chi connectivity index (χ0v) is 8.78. The Hall–Kier alpha value is -0.170. The van der Waals surface area contributed by atoms with Gasteiger partial charge in [0.2, 0.25) is 0 Å². The van der Waals surface area contributed by atoms with Crippen molar-refractivity contribution in [2.45, 2.75) is 43.4 Å². The summed E-state index contributed by atoms with van der Waals surface area (Å²) in [6.07, 6.45) is 12.2. The molecule has 0 bridgehead atoms. The summed E-state index contributed by atoms with van der Waals surface area (Å²) in [7, 11) is 0. The zero-order chi connectivity index (χ0) is 9.52. The first-order valence-corrected chi connectivity index (χ1v) is 5.95. The number of hydrazine groups is 1. The van der Waals surface area contributed by atoms with Crippen molar-refractivity contribution in [3.63, 3.8) is 0 Å². The molecule has 0 aromatic heterocycles. The summed E-state index contributed by atoms with van der Waals surface area (Å²) in [6, 6.07) is 0.0342. The van der Waals surface area contributed by atoms with E-state index in [1.54, 1.807) is 0 Å². The van der Waals surface area contributed by atoms with E-state index < -0.39 is 0 Å². The Balaban J connectivity index is 2.13. The van der Waals surface area contributed by atoms with Gasteiger partial charge in [-0.05, 0) is 12.8 Å². The van der Waals surface area contributed by atoms with Gasteiger partial charge in [0.05, 0.1) is 6.04 Å². The summed E-state index contributed by atoms with van der Waals surface area (Å²) in [5.74, 6) is 8.87. The van der Waals surface area contributed by atoms with Gasteiger partial charge < -0.3 is 0 Å². The molecule has 1 saturated carbocycles. The van der Waals surface area contributed by atoms with Crippen LogP contribution in [0.15, 0.2) is 0 Å². The number of hydrogen-bond acceptors (Lipinski definition) is 3. The fourth-order valence-electron chi connectivity index (χ4n) is 1.61. The monoisotopic (exact) mass is 198 g/mol. The van der Waals surface area contributed by atoms with Gasteiger partial charge in [-0.2, -0.15) is 11.8 Å². The number of rotatable bonds is 4. The Kier molecular flexibility index (Phi) is 5.29. The first kappa shape index (κ1) is 10.9. The van der Waals surface area contributed by atoms with Crippen molar-refractivity contribution in [2.24, 2.45) is 5.84 Å². The van der Waals surface area contributed by atoms with Crippen LogP contribution in [0, 0.1) is 12.3 Å². The highest BCUT2D eigenvalue weighted by atomic mass is 32.2. The highest BCUT2D eigenvalue weighted by Gasteiger charge is 2.14. The molecule has 1 atom stereocenters. The Morgan fingerprint density at radius 1 is 1.46 bits per heavy atom. The van der Waals surface area contributed by atoms with Crippen LogP contribution in [0.1, 0.15) is 32.1 Å². The van der Waals surface area contributed by atoms with Crippen molar-refractivity contribution in [2.75, 3.05) is 5.75 Å². The summed E-state index contributed by atoms with van der Waals surface area (Å²) >= 11 is 1.97. The first-order chi connectivity index (χ1) is 6.36. The number of hydrogen-bond donors (Lipinski definition) is 2. The van der Waals surface area contributed by atoms with Crippen LogP contribution in [-0.2, 0) is 0 Å². The van der Waals surface area contributed by atoms with Crippen molar-refractivity contribution in [1.29, 1.82) is 0 Å². The van der Waals surface area contributed by atoms with E-state index in [0.717, 1.165) is 11.0 Å². The smallest absolute Gasteiger partial charge is 0.0905 e. The molecule has 1 fully saturated rings. The number of terminal acetylenes is 1. The summed E-state index contributed by atoms with van der Waals surface area (Å²) < 4.78 is 0. The average molecular weight is 198 g/mol. The van der Waals surface area contributed by atoms with Crippen molar-refractivity contribution < 1.29 is 0 Å². The highest BCUT2D eigenvalue weighted by molar-refractivity contribution is 7.99. The van der Waals surface area contributed by atoms with Gasteiger partial charge in [0.25, 0.3) is 0 Å². The second-order valence-electron chi connectivity index (χ2n) is 3.48. The summed E-state index contributed by atoms with van der Waals surface area (Å²) in [6.45, 7) is 0. The van der Waals surface area contributed by atoms with Gasteiger partial charge >= 0.3 is 0 Å². The maximum Gasteiger partial charge on any atom is 0.0905 e. The van der Waals surface area contributed by atoms with Crippen LogP contribution < -0.4 is 11.3 Å². The van der Waals surface area contributed by atoms with E-state index in [1.165, 1.54) is 32.1 Å². The van der Waals surface area contributed by atoms with Crippen LogP contribution in [0.25, 0.3) is 0 Å². The van der Waals surface area contributed by atoms with Crippen LogP contribution in [-0.4, -0.2) is 17.0 Å². The molecule has 0 aliphatic heterocycles. The summed E-state index contributed by atoms with van der Waals surface area (Å²) in [5.41, 5.74) is 2.63. The van der Waals surface area contributed by atoms with Gasteiger partial charge in [0.1, 0.15) is 0 Å². The molecule has 3 heteroatoms. The summed E-state index contributed by atoms with van der Waals surface area (Å²) in [5, 5.41) is 0.818. The van der Waals surface area contributed by atoms with Crippen molar-refractivity contribution >= 4 is 11.8 Å². The van der Waals surface area contributed by atoms with Crippen LogP contribution in [0.5, 0.6) is 0 Å². The average Bonchev–Trinajstić information content (AvgIpc) is 2.21. The van der Waals surface area contributed by atoms with Gasteiger partial charge in [0.15, 0.2) is 0 Å². The minimum atomic E-state index is 0.0342. The molecule has 2 nitrogen and oxygen atoms in total. The predicted molar refractivity (Wildman–Crippen MR) is 59.3 cm³/mol. The lowest BCUT2D eigenvalue weighted by Crippen LogP contribution is -2.36. The standard InChI is InChI=1S/C10H18N2S/c1-2-9(12-11)8-13-10-6-4-3-5-7-10/h1,9-10,12H,3-8,11H2. The SMILES string of the molecule is C#CC(CSC1CCCCC1)NN. The van der Waals surface area contributed by atoms with Gasteiger partial charge in [-0.15, -0.1) is 6.42 Å². The molecular weight excluding hydrogens is 180 g/mol. The third-order valence-corrected chi connectivity index (χ3v) is 3.92. The molecule has 3 N–H and O–H groups in total. The van der Waals surface area contributed by atoms with E-state index in [-0.39, 0.29) is 6.04 Å². The Morgan fingerprint density at radius 3 is 2.69 bits per heavy atom. The molecule has 13 heavy (non-hydrogen) atoms. The topological polar surface area (TPSA) is 38.0 Å². The van der Waals surface area contributed by atoms with Crippen LogP contribution in [0.4, 0.5) is 0 Å². The van der Waals surface area contributed by atoms with Crippen LogP contribution in [0.2, 0.25) is 0 Å². The second-order valence-corrected chi connectivity index (χ2v) is 4.81. The molecule has 74 valence electrons. The van der Waals surface area contributed by atoms with Gasteiger partial charge in [-0.1, -0.05) is 25.2 Å². The number of nitrogens with one attached hydrogen (secondary N) is 1. The largest absolute Gasteiger partial charge is 0.270 e. The number of nitrogens with two attached hydrogens (primary N) is 1. The maximum absolute atomic E-state index is 5.29. The van der Waals surface area contributed by atoms with Crippen molar-refractivity contribution in [3.05, 3.63) is 0 Å². The lowest BCUT2D eigenvalue weighted by atomic mass is 10.0. The minimum absolute atomic E-state index is 0.0342. The molecule has 0 aromatic carbocycles. The van der Waals surface area contributed by atoms with Gasteiger partial charge in [-0.25, -0.2) is 5.43 Å². The predicted octanol–water partition coefficient (Wildman–Crippen LogP) is 1.52. The molecule has 0 radical (unpaired) electrons. The molecular formula is C10H18N2S. The molecule has 0 spiro atoms. The van der Waals surface area contributed by atoms with E-state index >= 15 is 0 Å². The van der Waals surface area contributed by atoms with E-state index in [4.69, 9.17) is 12.3 Å². The van der Waals surface area contributed by atoms with Crippen molar-refractivity contribution in [3.8, 4) is 12.3 Å². The zero-order valence-electron chi connectivity index (χ0n) is 7.96. The quantitative estimate of drug-likeness (QED) is 0.408. The third-order valence-electron chi connectivity index (χ3n) is 2.45. The highest BCUT2D eigenvalue weighted by Crippen LogP contribution is 2.28. The van der Waals surface area contributed by atoms with Crippen LogP contribution >= 0.6 is 11.8 Å². The Labute approximate surface area is 85.0 Å². The van der Waals surface area contributed by atoms with E-state index in [0.29, 0.717) is 0 Å². The maximum atomic E-state index is 5.29. The molecule has 1 aliphatic carbocycles. The first-order valence-electron chi connectivity index (χ1n) is 4.90. The molecule has 1 unspecified atom stereocenters. The van der Waals surface area contributed by atoms with Gasteiger partial charge in [0, 0.05) is 11.0 Å². The molecule has 0 aromatic rings. The fourth-order valence-corrected chi connectivity index (χ4v) is 2.93. The Morgan fingerprint density at radius 2 is 2.15 bits per heavy atom. The van der Waals surface area contributed by atoms with Crippen molar-refractivity contribution in [1.82, 2.24) is 5.43 Å². The van der Waals surface area contributed by atoms with Gasteiger partial charge in [-0.3, -0.25) is 5.84 Å². The lowest BCUT2D eigenvalue weighted by Gasteiger charge is -2.22. The molecule has 0 amide bonds. The van der Waals surface area contributed by atoms with E-state index in [2.05, 4.69) is 11.3 Å². The summed E-state index contributed by atoms with van der Waals surface area (Å²) in [4.78, 5) is 0. The number of thioether (sulfide) groups is 1. The molecule has 0 saturated heterocycles. The molecule has 1 rings (SSSR count). The fraction of sp³-hybridized carbons (Fsp3) is 0.800. The Bertz CT molecular complexity index is 170. The lowest BCUT2D eigenvalue weighted by molar-refractivity contribution is 0.515. The second kappa shape index (κ2) is 6.31. The van der Waals surface area contributed by atoms with E-state index in [1.807, 2.05) is 11.8 Å². The normalized spacial score (nSPS) is 20.9.